The van der Waals surface area contributed by atoms with Crippen molar-refractivity contribution < 1.29 is 4.39 Å². The summed E-state index contributed by atoms with van der Waals surface area (Å²) in [6.45, 7) is 10.1. The third-order valence-electron chi connectivity index (χ3n) is 4.61. The minimum Gasteiger partial charge on any atom is -0.317 e. The first-order chi connectivity index (χ1) is 10.1. The molecule has 0 spiro atoms. The van der Waals surface area contributed by atoms with Crippen LogP contribution < -0.4 is 5.32 Å². The van der Waals surface area contributed by atoms with E-state index in [0.717, 1.165) is 37.5 Å². The van der Waals surface area contributed by atoms with Crippen LogP contribution in [0.3, 0.4) is 0 Å². The number of rotatable bonds is 6. The fourth-order valence-electron chi connectivity index (χ4n) is 3.44. The highest BCUT2D eigenvalue weighted by Crippen LogP contribution is 2.29. The average Bonchev–Trinajstić information content (AvgIpc) is 2.48. The third kappa shape index (κ3) is 4.52. The quantitative estimate of drug-likeness (QED) is 0.853. The SMILES string of the molecule is CCC(c1cccc(F)c1)N(CC1CCNCC1)C(C)C. The van der Waals surface area contributed by atoms with Crippen molar-refractivity contribution in [3.05, 3.63) is 35.6 Å². The molecule has 1 aromatic rings. The zero-order valence-corrected chi connectivity index (χ0v) is 13.6. The van der Waals surface area contributed by atoms with Gasteiger partial charge in [0.05, 0.1) is 0 Å². The Bertz CT molecular complexity index is 427. The number of hydrogen-bond donors (Lipinski definition) is 1. The molecule has 21 heavy (non-hydrogen) atoms. The molecule has 0 aromatic heterocycles. The zero-order valence-electron chi connectivity index (χ0n) is 13.6. The van der Waals surface area contributed by atoms with Crippen molar-refractivity contribution in [1.29, 1.82) is 0 Å². The van der Waals surface area contributed by atoms with Crippen LogP contribution in [0, 0.1) is 11.7 Å². The van der Waals surface area contributed by atoms with Crippen molar-refractivity contribution in [2.75, 3.05) is 19.6 Å². The third-order valence-corrected chi connectivity index (χ3v) is 4.61. The molecule has 1 aliphatic rings. The lowest BCUT2D eigenvalue weighted by Crippen LogP contribution is -2.41. The van der Waals surface area contributed by atoms with Crippen LogP contribution in [0.1, 0.15) is 51.6 Å². The van der Waals surface area contributed by atoms with Crippen molar-refractivity contribution >= 4 is 0 Å². The Morgan fingerprint density at radius 3 is 2.57 bits per heavy atom. The van der Waals surface area contributed by atoms with Crippen LogP contribution in [0.15, 0.2) is 24.3 Å². The summed E-state index contributed by atoms with van der Waals surface area (Å²) < 4.78 is 13.6. The summed E-state index contributed by atoms with van der Waals surface area (Å²) in [5.41, 5.74) is 1.11. The Morgan fingerprint density at radius 1 is 1.29 bits per heavy atom. The van der Waals surface area contributed by atoms with E-state index in [9.17, 15) is 4.39 Å². The molecule has 1 heterocycles. The van der Waals surface area contributed by atoms with Gasteiger partial charge in [-0.1, -0.05) is 19.1 Å². The number of nitrogens with one attached hydrogen (secondary N) is 1. The molecule has 1 atom stereocenters. The van der Waals surface area contributed by atoms with Crippen LogP contribution in [-0.4, -0.2) is 30.6 Å². The van der Waals surface area contributed by atoms with Crippen LogP contribution in [-0.2, 0) is 0 Å². The molecule has 0 aliphatic carbocycles. The topological polar surface area (TPSA) is 15.3 Å². The Balaban J connectivity index is 2.13. The number of halogens is 1. The van der Waals surface area contributed by atoms with Crippen LogP contribution in [0.25, 0.3) is 0 Å². The smallest absolute Gasteiger partial charge is 0.123 e. The highest BCUT2D eigenvalue weighted by molar-refractivity contribution is 5.20. The van der Waals surface area contributed by atoms with E-state index >= 15 is 0 Å². The van der Waals surface area contributed by atoms with Crippen molar-refractivity contribution in [2.45, 2.75) is 52.1 Å². The summed E-state index contributed by atoms with van der Waals surface area (Å²) >= 11 is 0. The number of benzene rings is 1. The van der Waals surface area contributed by atoms with Crippen LogP contribution in [0.5, 0.6) is 0 Å². The summed E-state index contributed by atoms with van der Waals surface area (Å²) in [4.78, 5) is 2.56. The normalized spacial score (nSPS) is 18.4. The predicted octanol–water partition coefficient (Wildman–Crippen LogP) is 3.99. The van der Waals surface area contributed by atoms with Gasteiger partial charge in [-0.25, -0.2) is 4.39 Å². The van der Waals surface area contributed by atoms with Crippen molar-refractivity contribution in [3.63, 3.8) is 0 Å². The molecule has 1 saturated heterocycles. The van der Waals surface area contributed by atoms with Gasteiger partial charge in [-0.15, -0.1) is 0 Å². The largest absolute Gasteiger partial charge is 0.317 e. The van der Waals surface area contributed by atoms with E-state index < -0.39 is 0 Å². The second-order valence-electron chi connectivity index (χ2n) is 6.46. The molecule has 0 saturated carbocycles. The van der Waals surface area contributed by atoms with E-state index in [0.29, 0.717) is 12.1 Å². The Morgan fingerprint density at radius 2 is 2.00 bits per heavy atom. The average molecular weight is 292 g/mol. The van der Waals surface area contributed by atoms with E-state index in [1.807, 2.05) is 6.07 Å². The van der Waals surface area contributed by atoms with Gasteiger partial charge in [0.15, 0.2) is 0 Å². The van der Waals surface area contributed by atoms with Gasteiger partial charge in [-0.05, 0) is 69.8 Å². The first-order valence-corrected chi connectivity index (χ1v) is 8.33. The number of piperidine rings is 1. The second-order valence-corrected chi connectivity index (χ2v) is 6.46. The van der Waals surface area contributed by atoms with E-state index in [2.05, 4.69) is 37.1 Å². The first kappa shape index (κ1) is 16.4. The Hall–Kier alpha value is -0.930. The fraction of sp³-hybridized carbons (Fsp3) is 0.667. The predicted molar refractivity (Wildman–Crippen MR) is 86.9 cm³/mol. The van der Waals surface area contributed by atoms with Crippen molar-refractivity contribution in [2.24, 2.45) is 5.92 Å². The molecule has 0 radical (unpaired) electrons. The second kappa shape index (κ2) is 7.90. The van der Waals surface area contributed by atoms with Crippen LogP contribution in [0.4, 0.5) is 4.39 Å². The molecule has 118 valence electrons. The summed E-state index contributed by atoms with van der Waals surface area (Å²) in [7, 11) is 0. The van der Waals surface area contributed by atoms with E-state index in [1.54, 1.807) is 6.07 Å². The molecule has 0 bridgehead atoms. The standard InChI is InChI=1S/C18H29FN2/c1-4-18(16-6-5-7-17(19)12-16)21(14(2)3)13-15-8-10-20-11-9-15/h5-7,12,14-15,18,20H,4,8-11,13H2,1-3H3. The highest BCUT2D eigenvalue weighted by atomic mass is 19.1. The van der Waals surface area contributed by atoms with Gasteiger partial charge in [0.2, 0.25) is 0 Å². The maximum atomic E-state index is 13.6. The maximum Gasteiger partial charge on any atom is 0.123 e. The minimum atomic E-state index is -0.128. The summed E-state index contributed by atoms with van der Waals surface area (Å²) in [6.07, 6.45) is 3.53. The molecule has 0 amide bonds. The van der Waals surface area contributed by atoms with Gasteiger partial charge in [0.25, 0.3) is 0 Å². The molecule has 1 aliphatic heterocycles. The van der Waals surface area contributed by atoms with E-state index in [4.69, 9.17) is 0 Å². The van der Waals surface area contributed by atoms with Crippen LogP contribution in [0.2, 0.25) is 0 Å². The molecule has 2 rings (SSSR count). The Labute approximate surface area is 128 Å². The van der Waals surface area contributed by atoms with Gasteiger partial charge in [-0.3, -0.25) is 4.90 Å². The fourth-order valence-corrected chi connectivity index (χ4v) is 3.44. The van der Waals surface area contributed by atoms with Gasteiger partial charge in [0.1, 0.15) is 5.82 Å². The lowest BCUT2D eigenvalue weighted by molar-refractivity contribution is 0.112. The molecule has 1 unspecified atom stereocenters. The molecule has 2 nitrogen and oxygen atoms in total. The molecule has 1 fully saturated rings. The van der Waals surface area contributed by atoms with Gasteiger partial charge < -0.3 is 5.32 Å². The summed E-state index contributed by atoms with van der Waals surface area (Å²) in [6, 6.07) is 7.92. The lowest BCUT2D eigenvalue weighted by atomic mass is 9.94. The molecule has 3 heteroatoms. The molecule has 1 N–H and O–H groups in total. The van der Waals surface area contributed by atoms with Gasteiger partial charge in [0, 0.05) is 18.6 Å². The lowest BCUT2D eigenvalue weighted by Gasteiger charge is -2.38. The number of hydrogen-bond acceptors (Lipinski definition) is 2. The van der Waals surface area contributed by atoms with E-state index in [1.165, 1.54) is 18.9 Å². The van der Waals surface area contributed by atoms with Gasteiger partial charge in [-0.2, -0.15) is 0 Å². The van der Waals surface area contributed by atoms with Crippen molar-refractivity contribution in [3.8, 4) is 0 Å². The zero-order chi connectivity index (χ0) is 15.2. The maximum absolute atomic E-state index is 13.6. The monoisotopic (exact) mass is 292 g/mol. The summed E-state index contributed by atoms with van der Waals surface area (Å²) in [5.74, 6) is 0.632. The first-order valence-electron chi connectivity index (χ1n) is 8.33. The van der Waals surface area contributed by atoms with Crippen molar-refractivity contribution in [1.82, 2.24) is 10.2 Å². The minimum absolute atomic E-state index is 0.128. The summed E-state index contributed by atoms with van der Waals surface area (Å²) in [5, 5.41) is 3.43. The molecule has 1 aromatic carbocycles. The highest BCUT2D eigenvalue weighted by Gasteiger charge is 2.25. The number of nitrogens with zero attached hydrogens (tertiary/aromatic N) is 1. The Kier molecular flexibility index (Phi) is 6.19. The molecular weight excluding hydrogens is 263 g/mol. The van der Waals surface area contributed by atoms with Crippen LogP contribution >= 0.6 is 0 Å². The van der Waals surface area contributed by atoms with Gasteiger partial charge >= 0.3 is 0 Å². The van der Waals surface area contributed by atoms with E-state index in [-0.39, 0.29) is 5.82 Å². The molecular formula is C18H29FN2.